The van der Waals surface area contributed by atoms with Crippen molar-refractivity contribution in [1.82, 2.24) is 0 Å². The van der Waals surface area contributed by atoms with Crippen LogP contribution in [0.25, 0.3) is 11.1 Å². The van der Waals surface area contributed by atoms with Gasteiger partial charge in [0.15, 0.2) is 0 Å². The summed E-state index contributed by atoms with van der Waals surface area (Å²) in [4.78, 5) is 9.47. The molecule has 0 aromatic heterocycles. The Morgan fingerprint density at radius 3 is 2.47 bits per heavy atom. The summed E-state index contributed by atoms with van der Waals surface area (Å²) in [5, 5.41) is 0. The Morgan fingerprint density at radius 1 is 1.16 bits per heavy atom. The molecule has 2 aromatic carbocycles. The van der Waals surface area contributed by atoms with Crippen LogP contribution in [0.2, 0.25) is 0 Å². The molecule has 0 amide bonds. The van der Waals surface area contributed by atoms with Crippen molar-refractivity contribution < 1.29 is 4.79 Å². The van der Waals surface area contributed by atoms with E-state index in [4.69, 9.17) is 5.73 Å². The van der Waals surface area contributed by atoms with Crippen LogP contribution < -0.4 is 5.73 Å². The van der Waals surface area contributed by atoms with Crippen molar-refractivity contribution in [3.63, 3.8) is 0 Å². The summed E-state index contributed by atoms with van der Waals surface area (Å²) in [5.74, 6) is 0. The van der Waals surface area contributed by atoms with Crippen molar-refractivity contribution in [2.75, 3.05) is 5.73 Å². The largest absolute Gasteiger partial charge is 0.399 e. The number of benzene rings is 2. The van der Waals surface area contributed by atoms with Crippen molar-refractivity contribution in [2.45, 2.75) is 18.2 Å². The zero-order valence-corrected chi connectivity index (χ0v) is 12.4. The lowest BCUT2D eigenvalue weighted by atomic mass is 10.1. The standard InChI is InChI=1S/C13H11N.C3H5BrO/c14-11-5-6-13-10(8-11)7-9-3-1-2-4-12(9)13;1-3(4)2-5/h1-6,8H,7,14H2;2-3H,1H3. The first-order valence-corrected chi connectivity index (χ1v) is 7.09. The van der Waals surface area contributed by atoms with Gasteiger partial charge in [0.2, 0.25) is 0 Å². The molecule has 0 heterocycles. The molecular weight excluding hydrogens is 302 g/mol. The van der Waals surface area contributed by atoms with E-state index in [2.05, 4.69) is 52.3 Å². The van der Waals surface area contributed by atoms with E-state index in [-0.39, 0.29) is 4.83 Å². The minimum Gasteiger partial charge on any atom is -0.399 e. The third-order valence-corrected chi connectivity index (χ3v) is 3.22. The van der Waals surface area contributed by atoms with Crippen LogP contribution in [0.15, 0.2) is 42.5 Å². The molecule has 0 radical (unpaired) electrons. The maximum absolute atomic E-state index is 9.46. The van der Waals surface area contributed by atoms with Crippen molar-refractivity contribution in [3.05, 3.63) is 53.6 Å². The van der Waals surface area contributed by atoms with Crippen molar-refractivity contribution in [3.8, 4) is 11.1 Å². The lowest BCUT2D eigenvalue weighted by Crippen LogP contribution is -1.86. The number of rotatable bonds is 1. The van der Waals surface area contributed by atoms with Crippen LogP contribution in [-0.2, 0) is 11.2 Å². The van der Waals surface area contributed by atoms with E-state index in [1.165, 1.54) is 22.3 Å². The Hall–Kier alpha value is -1.61. The maximum Gasteiger partial charge on any atom is 0.133 e. The summed E-state index contributed by atoms with van der Waals surface area (Å²) in [6, 6.07) is 14.7. The van der Waals surface area contributed by atoms with Crippen LogP contribution in [0.1, 0.15) is 18.1 Å². The Kier molecular flexibility index (Phi) is 4.38. The molecule has 19 heavy (non-hydrogen) atoms. The van der Waals surface area contributed by atoms with Gasteiger partial charge in [-0.15, -0.1) is 0 Å². The van der Waals surface area contributed by atoms with Gasteiger partial charge in [0.25, 0.3) is 0 Å². The lowest BCUT2D eigenvalue weighted by molar-refractivity contribution is -0.107. The predicted octanol–water partition coefficient (Wildman–Crippen LogP) is 3.81. The van der Waals surface area contributed by atoms with Gasteiger partial charge >= 0.3 is 0 Å². The normalized spacial score (nSPS) is 12.7. The fraction of sp³-hybridized carbons (Fsp3) is 0.188. The van der Waals surface area contributed by atoms with Gasteiger partial charge in [0.05, 0.1) is 4.83 Å². The Balaban J connectivity index is 0.000000232. The third kappa shape index (κ3) is 3.24. The summed E-state index contributed by atoms with van der Waals surface area (Å²) in [6.45, 7) is 1.77. The Bertz CT molecular complexity index is 593. The molecule has 2 nitrogen and oxygen atoms in total. The molecule has 1 aliphatic rings. The first kappa shape index (κ1) is 13.8. The summed E-state index contributed by atoms with van der Waals surface area (Å²) < 4.78 is 0. The average Bonchev–Trinajstić information content (AvgIpc) is 2.76. The number of fused-ring (bicyclic) bond motifs is 3. The third-order valence-electron chi connectivity index (χ3n) is 3.01. The van der Waals surface area contributed by atoms with E-state index < -0.39 is 0 Å². The van der Waals surface area contributed by atoms with E-state index in [0.717, 1.165) is 18.4 Å². The van der Waals surface area contributed by atoms with Gasteiger partial charge in [-0.05, 0) is 47.7 Å². The second kappa shape index (κ2) is 6.02. The van der Waals surface area contributed by atoms with Crippen LogP contribution in [0, 0.1) is 0 Å². The summed E-state index contributed by atoms with van der Waals surface area (Å²) in [5.41, 5.74) is 12.1. The van der Waals surface area contributed by atoms with E-state index in [0.29, 0.717) is 0 Å². The number of nitrogens with two attached hydrogens (primary N) is 1. The molecule has 0 bridgehead atoms. The number of carbonyl (C=O) groups is 1. The van der Waals surface area contributed by atoms with Gasteiger partial charge in [0.1, 0.15) is 6.29 Å². The average molecular weight is 318 g/mol. The predicted molar refractivity (Wildman–Crippen MR) is 83.5 cm³/mol. The molecule has 98 valence electrons. The van der Waals surface area contributed by atoms with Crippen LogP contribution in [-0.4, -0.2) is 11.1 Å². The number of nitrogen functional groups attached to an aromatic ring is 1. The first-order valence-electron chi connectivity index (χ1n) is 6.18. The zero-order chi connectivity index (χ0) is 13.8. The number of alkyl halides is 1. The van der Waals surface area contributed by atoms with Crippen LogP contribution in [0.5, 0.6) is 0 Å². The SMILES string of the molecule is CC(Br)C=O.Nc1ccc2c(c1)Cc1ccccc1-2. The topological polar surface area (TPSA) is 43.1 Å². The second-order valence-corrected chi connectivity index (χ2v) is 6.01. The molecule has 2 aromatic rings. The zero-order valence-electron chi connectivity index (χ0n) is 10.8. The molecular formula is C16H16BrNO. The number of hydrogen-bond donors (Lipinski definition) is 1. The first-order chi connectivity index (χ1) is 9.11. The molecule has 0 saturated carbocycles. The van der Waals surface area contributed by atoms with Crippen molar-refractivity contribution in [1.29, 1.82) is 0 Å². The van der Waals surface area contributed by atoms with E-state index in [9.17, 15) is 4.79 Å². The monoisotopic (exact) mass is 317 g/mol. The second-order valence-electron chi connectivity index (χ2n) is 4.56. The highest BCUT2D eigenvalue weighted by Gasteiger charge is 2.16. The van der Waals surface area contributed by atoms with Crippen LogP contribution >= 0.6 is 15.9 Å². The van der Waals surface area contributed by atoms with Gasteiger partial charge in [-0.25, -0.2) is 0 Å². The van der Waals surface area contributed by atoms with E-state index >= 15 is 0 Å². The highest BCUT2D eigenvalue weighted by atomic mass is 79.9. The fourth-order valence-corrected chi connectivity index (χ4v) is 2.17. The van der Waals surface area contributed by atoms with Crippen LogP contribution in [0.3, 0.4) is 0 Å². The maximum atomic E-state index is 9.46. The molecule has 0 aliphatic heterocycles. The molecule has 3 rings (SSSR count). The molecule has 0 fully saturated rings. The summed E-state index contributed by atoms with van der Waals surface area (Å²) >= 11 is 3.01. The molecule has 3 heteroatoms. The number of hydrogen-bond acceptors (Lipinski definition) is 2. The number of halogens is 1. The highest BCUT2D eigenvalue weighted by Crippen LogP contribution is 2.36. The minimum atomic E-state index is 0.0162. The van der Waals surface area contributed by atoms with Gasteiger partial charge in [-0.2, -0.15) is 0 Å². The summed E-state index contributed by atoms with van der Waals surface area (Å²) in [7, 11) is 0. The molecule has 1 unspecified atom stereocenters. The van der Waals surface area contributed by atoms with Gasteiger partial charge in [-0.3, -0.25) is 0 Å². The van der Waals surface area contributed by atoms with Gasteiger partial charge < -0.3 is 10.5 Å². The molecule has 0 saturated heterocycles. The lowest BCUT2D eigenvalue weighted by Gasteiger charge is -2.00. The highest BCUT2D eigenvalue weighted by molar-refractivity contribution is 9.09. The van der Waals surface area contributed by atoms with Gasteiger partial charge in [-0.1, -0.05) is 46.3 Å². The Labute approximate surface area is 121 Å². The molecule has 1 atom stereocenters. The fourth-order valence-electron chi connectivity index (χ4n) is 2.17. The van der Waals surface area contributed by atoms with Crippen molar-refractivity contribution in [2.24, 2.45) is 0 Å². The van der Waals surface area contributed by atoms with Crippen LogP contribution in [0.4, 0.5) is 5.69 Å². The van der Waals surface area contributed by atoms with E-state index in [1.54, 1.807) is 6.92 Å². The number of carbonyl (C=O) groups excluding carboxylic acids is 1. The number of anilines is 1. The molecule has 0 spiro atoms. The molecule has 2 N–H and O–H groups in total. The van der Waals surface area contributed by atoms with Gasteiger partial charge in [0, 0.05) is 5.69 Å². The molecule has 1 aliphatic carbocycles. The van der Waals surface area contributed by atoms with E-state index in [1.807, 2.05) is 6.07 Å². The van der Waals surface area contributed by atoms with Crippen molar-refractivity contribution >= 4 is 27.9 Å². The summed E-state index contributed by atoms with van der Waals surface area (Å²) in [6.07, 6.45) is 1.86. The smallest absolute Gasteiger partial charge is 0.133 e. The minimum absolute atomic E-state index is 0.0162. The quantitative estimate of drug-likeness (QED) is 0.421. The Morgan fingerprint density at radius 2 is 1.79 bits per heavy atom. The number of aldehydes is 1.